The van der Waals surface area contributed by atoms with E-state index >= 15 is 0 Å². The standard InChI is InChI=1S/C13H14BrN3O3/c1-7-12(14)11(17(2)16-7)6-20-8-3-4-10(15)9(5-8)13(18)19/h3-5H,6,15H2,1-2H3,(H,18,19). The molecule has 6 nitrogen and oxygen atoms in total. The first-order valence-electron chi connectivity index (χ1n) is 5.83. The molecule has 0 unspecified atom stereocenters. The number of nitrogens with two attached hydrogens (primary N) is 1. The van der Waals surface area contributed by atoms with E-state index in [1.165, 1.54) is 12.1 Å². The molecule has 0 fully saturated rings. The van der Waals surface area contributed by atoms with Gasteiger partial charge in [0.25, 0.3) is 0 Å². The Labute approximate surface area is 124 Å². The number of aryl methyl sites for hydroxylation is 2. The van der Waals surface area contributed by atoms with Crippen LogP contribution in [0.3, 0.4) is 0 Å². The Morgan fingerprint density at radius 3 is 2.80 bits per heavy atom. The monoisotopic (exact) mass is 339 g/mol. The lowest BCUT2D eigenvalue weighted by molar-refractivity contribution is 0.0697. The smallest absolute Gasteiger partial charge is 0.337 e. The first-order chi connectivity index (χ1) is 9.40. The number of nitrogens with zero attached hydrogens (tertiary/aromatic N) is 2. The molecule has 0 spiro atoms. The minimum Gasteiger partial charge on any atom is -0.487 e. The Morgan fingerprint density at radius 1 is 1.55 bits per heavy atom. The Balaban J connectivity index is 2.19. The minimum atomic E-state index is -1.08. The van der Waals surface area contributed by atoms with Gasteiger partial charge in [-0.05, 0) is 41.1 Å². The predicted octanol–water partition coefficient (Wildman–Crippen LogP) is 2.35. The van der Waals surface area contributed by atoms with Crippen molar-refractivity contribution in [3.8, 4) is 5.75 Å². The molecule has 0 radical (unpaired) electrons. The molecule has 1 heterocycles. The normalized spacial score (nSPS) is 10.6. The number of hydrogen-bond acceptors (Lipinski definition) is 4. The van der Waals surface area contributed by atoms with Crippen LogP contribution in [0.5, 0.6) is 5.75 Å². The Bertz CT molecular complexity index is 667. The summed E-state index contributed by atoms with van der Waals surface area (Å²) < 4.78 is 8.20. The summed E-state index contributed by atoms with van der Waals surface area (Å²) in [5.74, 6) is -0.632. The first kappa shape index (κ1) is 14.4. The Hall–Kier alpha value is -2.02. The molecule has 1 aromatic carbocycles. The maximum Gasteiger partial charge on any atom is 0.337 e. The van der Waals surface area contributed by atoms with Gasteiger partial charge in [0.1, 0.15) is 12.4 Å². The van der Waals surface area contributed by atoms with Gasteiger partial charge in [0.2, 0.25) is 0 Å². The van der Waals surface area contributed by atoms with Gasteiger partial charge in [-0.2, -0.15) is 5.10 Å². The van der Waals surface area contributed by atoms with Crippen LogP contribution in [0, 0.1) is 6.92 Å². The molecule has 0 bridgehead atoms. The number of nitrogen functional groups attached to an aromatic ring is 1. The molecule has 0 aliphatic rings. The average Bonchev–Trinajstić information content (AvgIpc) is 2.62. The molecule has 7 heteroatoms. The molecule has 0 amide bonds. The molecule has 0 saturated heterocycles. The van der Waals surface area contributed by atoms with Crippen molar-refractivity contribution in [3.63, 3.8) is 0 Å². The van der Waals surface area contributed by atoms with Crippen LogP contribution in [-0.2, 0) is 13.7 Å². The zero-order chi connectivity index (χ0) is 14.9. The molecular formula is C13H14BrN3O3. The van der Waals surface area contributed by atoms with Crippen LogP contribution in [0.25, 0.3) is 0 Å². The topological polar surface area (TPSA) is 90.4 Å². The number of hydrogen-bond donors (Lipinski definition) is 2. The lowest BCUT2D eigenvalue weighted by atomic mass is 10.2. The molecule has 1 aromatic heterocycles. The van der Waals surface area contributed by atoms with Gasteiger partial charge in [-0.1, -0.05) is 0 Å². The summed E-state index contributed by atoms with van der Waals surface area (Å²) in [6.45, 7) is 2.17. The molecular weight excluding hydrogens is 326 g/mol. The van der Waals surface area contributed by atoms with Gasteiger partial charge in [-0.3, -0.25) is 4.68 Å². The highest BCUT2D eigenvalue weighted by atomic mass is 79.9. The van der Waals surface area contributed by atoms with Gasteiger partial charge >= 0.3 is 5.97 Å². The van der Waals surface area contributed by atoms with Crippen LogP contribution in [0.15, 0.2) is 22.7 Å². The van der Waals surface area contributed by atoms with Crippen LogP contribution in [0.4, 0.5) is 5.69 Å². The molecule has 2 aromatic rings. The van der Waals surface area contributed by atoms with Gasteiger partial charge in [0.15, 0.2) is 0 Å². The van der Waals surface area contributed by atoms with Crippen molar-refractivity contribution in [2.24, 2.45) is 7.05 Å². The van der Waals surface area contributed by atoms with Gasteiger partial charge in [0, 0.05) is 12.7 Å². The van der Waals surface area contributed by atoms with Crippen molar-refractivity contribution < 1.29 is 14.6 Å². The molecule has 2 rings (SSSR count). The van der Waals surface area contributed by atoms with Crippen molar-refractivity contribution in [2.75, 3.05) is 5.73 Å². The van der Waals surface area contributed by atoms with Gasteiger partial charge in [-0.25, -0.2) is 4.79 Å². The quantitative estimate of drug-likeness (QED) is 0.834. The predicted molar refractivity (Wildman–Crippen MR) is 77.8 cm³/mol. The summed E-state index contributed by atoms with van der Waals surface area (Å²) >= 11 is 3.45. The zero-order valence-corrected chi connectivity index (χ0v) is 12.6. The number of aromatic nitrogens is 2. The second kappa shape index (κ2) is 5.54. The van der Waals surface area contributed by atoms with E-state index in [0.717, 1.165) is 15.9 Å². The number of benzene rings is 1. The summed E-state index contributed by atoms with van der Waals surface area (Å²) in [5.41, 5.74) is 7.57. The van der Waals surface area contributed by atoms with Crippen molar-refractivity contribution in [3.05, 3.63) is 39.6 Å². The lowest BCUT2D eigenvalue weighted by Gasteiger charge is -2.09. The average molecular weight is 340 g/mol. The van der Waals surface area contributed by atoms with E-state index in [1.807, 2.05) is 14.0 Å². The number of anilines is 1. The van der Waals surface area contributed by atoms with Crippen LogP contribution in [0.2, 0.25) is 0 Å². The van der Waals surface area contributed by atoms with E-state index in [1.54, 1.807) is 10.7 Å². The fourth-order valence-electron chi connectivity index (χ4n) is 1.80. The molecule has 3 N–H and O–H groups in total. The minimum absolute atomic E-state index is 0.0303. The fourth-order valence-corrected chi connectivity index (χ4v) is 2.25. The number of halogens is 1. The highest BCUT2D eigenvalue weighted by Crippen LogP contribution is 2.24. The maximum absolute atomic E-state index is 11.0. The summed E-state index contributed by atoms with van der Waals surface area (Å²) in [7, 11) is 1.82. The Kier molecular flexibility index (Phi) is 3.99. The van der Waals surface area contributed by atoms with E-state index in [2.05, 4.69) is 21.0 Å². The SMILES string of the molecule is Cc1nn(C)c(COc2ccc(N)c(C(=O)O)c2)c1Br. The molecule has 0 aliphatic heterocycles. The maximum atomic E-state index is 11.0. The highest BCUT2D eigenvalue weighted by Gasteiger charge is 2.13. The second-order valence-corrected chi connectivity index (χ2v) is 5.11. The highest BCUT2D eigenvalue weighted by molar-refractivity contribution is 9.10. The summed E-state index contributed by atoms with van der Waals surface area (Å²) in [6, 6.07) is 4.57. The molecule has 0 aliphatic carbocycles. The van der Waals surface area contributed by atoms with Crippen molar-refractivity contribution in [1.29, 1.82) is 0 Å². The van der Waals surface area contributed by atoms with Crippen LogP contribution >= 0.6 is 15.9 Å². The molecule has 20 heavy (non-hydrogen) atoms. The Morgan fingerprint density at radius 2 is 2.25 bits per heavy atom. The van der Waals surface area contributed by atoms with Gasteiger partial charge < -0.3 is 15.6 Å². The molecule has 0 saturated carbocycles. The largest absolute Gasteiger partial charge is 0.487 e. The molecule has 0 atom stereocenters. The van der Waals surface area contributed by atoms with Gasteiger partial charge in [-0.15, -0.1) is 0 Å². The van der Waals surface area contributed by atoms with Crippen LogP contribution in [-0.4, -0.2) is 20.9 Å². The van der Waals surface area contributed by atoms with Crippen molar-refractivity contribution in [1.82, 2.24) is 9.78 Å². The summed E-state index contributed by atoms with van der Waals surface area (Å²) in [5, 5.41) is 13.3. The number of carboxylic acids is 1. The third-order valence-electron chi connectivity index (χ3n) is 2.89. The van der Waals surface area contributed by atoms with Crippen molar-refractivity contribution >= 4 is 27.6 Å². The van der Waals surface area contributed by atoms with Gasteiger partial charge in [0.05, 0.1) is 21.4 Å². The first-order valence-corrected chi connectivity index (χ1v) is 6.63. The molecule has 106 valence electrons. The fraction of sp³-hybridized carbons (Fsp3) is 0.231. The number of carbonyl (C=O) groups is 1. The van der Waals surface area contributed by atoms with E-state index in [4.69, 9.17) is 15.6 Å². The van der Waals surface area contributed by atoms with E-state index < -0.39 is 5.97 Å². The van der Waals surface area contributed by atoms with E-state index in [0.29, 0.717) is 5.75 Å². The third kappa shape index (κ3) is 2.77. The second-order valence-electron chi connectivity index (χ2n) is 4.31. The summed E-state index contributed by atoms with van der Waals surface area (Å²) in [4.78, 5) is 11.0. The number of carboxylic acid groups (broad SMARTS) is 1. The number of ether oxygens (including phenoxy) is 1. The lowest BCUT2D eigenvalue weighted by Crippen LogP contribution is -2.06. The van der Waals surface area contributed by atoms with Crippen LogP contribution in [0.1, 0.15) is 21.7 Å². The van der Waals surface area contributed by atoms with Crippen LogP contribution < -0.4 is 10.5 Å². The van der Waals surface area contributed by atoms with Crippen molar-refractivity contribution in [2.45, 2.75) is 13.5 Å². The zero-order valence-electron chi connectivity index (χ0n) is 11.1. The summed E-state index contributed by atoms with van der Waals surface area (Å²) in [6.07, 6.45) is 0. The van der Waals surface area contributed by atoms with E-state index in [9.17, 15) is 4.79 Å². The number of rotatable bonds is 4. The third-order valence-corrected chi connectivity index (χ3v) is 3.92. The number of aromatic carboxylic acids is 1. The van der Waals surface area contributed by atoms with E-state index in [-0.39, 0.29) is 17.9 Å².